The fourth-order valence-corrected chi connectivity index (χ4v) is 2.45. The molecule has 1 aromatic carbocycles. The summed E-state index contributed by atoms with van der Waals surface area (Å²) in [7, 11) is 0. The van der Waals surface area contributed by atoms with Gasteiger partial charge in [0.15, 0.2) is 5.13 Å². The van der Waals surface area contributed by atoms with Crippen LogP contribution in [-0.4, -0.2) is 29.5 Å². The maximum Gasteiger partial charge on any atom is 0.405 e. The molecule has 0 atom stereocenters. The summed E-state index contributed by atoms with van der Waals surface area (Å²) in [6, 6.07) is 6.02. The van der Waals surface area contributed by atoms with Crippen molar-refractivity contribution in [3.05, 3.63) is 35.3 Å². The summed E-state index contributed by atoms with van der Waals surface area (Å²) < 4.78 is 36.9. The molecule has 128 valence electrons. The van der Waals surface area contributed by atoms with Crippen molar-refractivity contribution < 1.29 is 22.8 Å². The quantitative estimate of drug-likeness (QED) is 0.766. The van der Waals surface area contributed by atoms with E-state index in [4.69, 9.17) is 0 Å². The Balaban J connectivity index is 2.08. The van der Waals surface area contributed by atoms with Gasteiger partial charge in [-0.25, -0.2) is 4.98 Å². The molecule has 3 N–H and O–H groups in total. The van der Waals surface area contributed by atoms with Gasteiger partial charge in [0.2, 0.25) is 5.91 Å². The molecule has 0 saturated carbocycles. The fraction of sp³-hybridized carbons (Fsp3) is 0.214. The summed E-state index contributed by atoms with van der Waals surface area (Å²) in [6.45, 7) is 0.0903. The maximum absolute atomic E-state index is 12.3. The zero-order valence-corrected chi connectivity index (χ0v) is 13.2. The number of hydrogen-bond donors (Lipinski definition) is 3. The number of nitrogens with zero attached hydrogens (tertiary/aromatic N) is 1. The third kappa shape index (κ3) is 5.23. The number of benzene rings is 1. The van der Waals surface area contributed by atoms with E-state index in [1.807, 2.05) is 0 Å². The highest BCUT2D eigenvalue weighted by molar-refractivity contribution is 7.14. The van der Waals surface area contributed by atoms with E-state index in [1.165, 1.54) is 24.4 Å². The van der Waals surface area contributed by atoms with Gasteiger partial charge in [-0.2, -0.15) is 13.2 Å². The van der Waals surface area contributed by atoms with Crippen molar-refractivity contribution in [3.8, 4) is 0 Å². The molecule has 0 radical (unpaired) electrons. The fourth-order valence-electron chi connectivity index (χ4n) is 1.71. The molecule has 0 bridgehead atoms. The smallest absolute Gasteiger partial charge is 0.375 e. The highest BCUT2D eigenvalue weighted by Crippen LogP contribution is 2.24. The second-order valence-electron chi connectivity index (χ2n) is 4.69. The standard InChI is InChI=1S/C14H13F3N4O2S/c1-8(22)19-13-21-11(6-24-13)12(23)20-10-5-3-2-4-9(10)18-7-14(15,16)17/h2-6,18H,7H2,1H3,(H,20,23)(H,19,21,22). The van der Waals surface area contributed by atoms with E-state index in [-0.39, 0.29) is 28.1 Å². The van der Waals surface area contributed by atoms with Crippen molar-refractivity contribution in [1.29, 1.82) is 0 Å². The first-order valence-corrected chi connectivity index (χ1v) is 7.57. The normalized spacial score (nSPS) is 11.0. The van der Waals surface area contributed by atoms with E-state index in [9.17, 15) is 22.8 Å². The number of rotatable bonds is 5. The van der Waals surface area contributed by atoms with Crippen LogP contribution in [0.2, 0.25) is 0 Å². The molecule has 0 aliphatic rings. The summed E-state index contributed by atoms with van der Waals surface area (Å²) in [6.07, 6.45) is -4.38. The number of aromatic nitrogens is 1. The predicted molar refractivity (Wildman–Crippen MR) is 85.4 cm³/mol. The molecule has 0 saturated heterocycles. The zero-order valence-electron chi connectivity index (χ0n) is 12.4. The van der Waals surface area contributed by atoms with Crippen molar-refractivity contribution in [2.45, 2.75) is 13.1 Å². The molecular formula is C14H13F3N4O2S. The van der Waals surface area contributed by atoms with Crippen molar-refractivity contribution in [2.75, 3.05) is 22.5 Å². The first-order chi connectivity index (χ1) is 11.2. The van der Waals surface area contributed by atoms with E-state index in [2.05, 4.69) is 20.9 Å². The van der Waals surface area contributed by atoms with Crippen molar-refractivity contribution in [2.24, 2.45) is 0 Å². The van der Waals surface area contributed by atoms with Crippen LogP contribution in [0, 0.1) is 0 Å². The van der Waals surface area contributed by atoms with Crippen LogP contribution in [0.15, 0.2) is 29.6 Å². The number of thiazole rings is 1. The van der Waals surface area contributed by atoms with Gasteiger partial charge >= 0.3 is 6.18 Å². The number of nitrogens with one attached hydrogen (secondary N) is 3. The van der Waals surface area contributed by atoms with Gasteiger partial charge in [0.1, 0.15) is 12.2 Å². The monoisotopic (exact) mass is 358 g/mol. The van der Waals surface area contributed by atoms with E-state index in [0.29, 0.717) is 0 Å². The van der Waals surface area contributed by atoms with Gasteiger partial charge in [-0.05, 0) is 12.1 Å². The number of alkyl halides is 3. The lowest BCUT2D eigenvalue weighted by Crippen LogP contribution is -2.22. The summed E-state index contributed by atoms with van der Waals surface area (Å²) in [5.74, 6) is -0.915. The summed E-state index contributed by atoms with van der Waals surface area (Å²) in [5.41, 5.74) is 0.385. The minimum Gasteiger partial charge on any atom is -0.375 e. The molecule has 24 heavy (non-hydrogen) atoms. The lowest BCUT2D eigenvalue weighted by atomic mass is 10.2. The molecule has 2 aromatic rings. The van der Waals surface area contributed by atoms with Crippen LogP contribution >= 0.6 is 11.3 Å². The van der Waals surface area contributed by atoms with E-state index in [0.717, 1.165) is 11.3 Å². The van der Waals surface area contributed by atoms with Crippen LogP contribution in [0.25, 0.3) is 0 Å². The Bertz CT molecular complexity index is 746. The molecule has 1 heterocycles. The molecule has 1 aromatic heterocycles. The molecule has 0 fully saturated rings. The number of hydrogen-bond acceptors (Lipinski definition) is 5. The van der Waals surface area contributed by atoms with Gasteiger partial charge in [0, 0.05) is 12.3 Å². The Morgan fingerprint density at radius 3 is 2.46 bits per heavy atom. The van der Waals surface area contributed by atoms with Crippen LogP contribution < -0.4 is 16.0 Å². The average molecular weight is 358 g/mol. The predicted octanol–water partition coefficient (Wildman–Crippen LogP) is 3.33. The van der Waals surface area contributed by atoms with Crippen LogP contribution in [0.1, 0.15) is 17.4 Å². The second-order valence-corrected chi connectivity index (χ2v) is 5.55. The minimum absolute atomic E-state index is 0.0503. The Labute approximate surface area is 139 Å². The van der Waals surface area contributed by atoms with Crippen molar-refractivity contribution >= 4 is 39.7 Å². The molecule has 2 rings (SSSR count). The third-order valence-electron chi connectivity index (χ3n) is 2.67. The number of carbonyl (C=O) groups excluding carboxylic acids is 2. The number of amides is 2. The van der Waals surface area contributed by atoms with Gasteiger partial charge in [-0.1, -0.05) is 12.1 Å². The first kappa shape index (κ1) is 17.7. The van der Waals surface area contributed by atoms with Crippen LogP contribution in [0.3, 0.4) is 0 Å². The van der Waals surface area contributed by atoms with E-state index < -0.39 is 18.6 Å². The van der Waals surface area contributed by atoms with Crippen LogP contribution in [0.5, 0.6) is 0 Å². The Hall–Kier alpha value is -2.62. The molecule has 0 aliphatic heterocycles. The van der Waals surface area contributed by atoms with Gasteiger partial charge in [0.25, 0.3) is 5.91 Å². The van der Waals surface area contributed by atoms with Crippen LogP contribution in [0.4, 0.5) is 29.7 Å². The Morgan fingerprint density at radius 2 is 1.83 bits per heavy atom. The lowest BCUT2D eigenvalue weighted by molar-refractivity contribution is -0.115. The molecule has 0 aliphatic carbocycles. The van der Waals surface area contributed by atoms with Crippen molar-refractivity contribution in [1.82, 2.24) is 4.98 Å². The van der Waals surface area contributed by atoms with Gasteiger partial charge in [-0.15, -0.1) is 11.3 Å². The Morgan fingerprint density at radius 1 is 1.17 bits per heavy atom. The number of carbonyl (C=O) groups is 2. The molecule has 2 amide bonds. The highest BCUT2D eigenvalue weighted by atomic mass is 32.1. The average Bonchev–Trinajstić information content (AvgIpc) is 2.93. The SMILES string of the molecule is CC(=O)Nc1nc(C(=O)Nc2ccccc2NCC(F)(F)F)cs1. The maximum atomic E-state index is 12.3. The van der Waals surface area contributed by atoms with Gasteiger partial charge in [0.05, 0.1) is 11.4 Å². The third-order valence-corrected chi connectivity index (χ3v) is 3.43. The first-order valence-electron chi connectivity index (χ1n) is 6.69. The number of halogens is 3. The van der Waals surface area contributed by atoms with E-state index in [1.54, 1.807) is 12.1 Å². The summed E-state index contributed by atoms with van der Waals surface area (Å²) >= 11 is 1.07. The van der Waals surface area contributed by atoms with Crippen molar-refractivity contribution in [3.63, 3.8) is 0 Å². The second kappa shape index (κ2) is 7.30. The van der Waals surface area contributed by atoms with Gasteiger partial charge < -0.3 is 16.0 Å². The van der Waals surface area contributed by atoms with E-state index >= 15 is 0 Å². The summed E-state index contributed by atoms with van der Waals surface area (Å²) in [5, 5.41) is 8.86. The summed E-state index contributed by atoms with van der Waals surface area (Å²) in [4.78, 5) is 27.0. The van der Waals surface area contributed by atoms with Gasteiger partial charge in [-0.3, -0.25) is 9.59 Å². The number of anilines is 3. The van der Waals surface area contributed by atoms with Crippen LogP contribution in [-0.2, 0) is 4.79 Å². The highest BCUT2D eigenvalue weighted by Gasteiger charge is 2.27. The molecule has 0 spiro atoms. The largest absolute Gasteiger partial charge is 0.405 e. The molecular weight excluding hydrogens is 345 g/mol. The molecule has 0 unspecified atom stereocenters. The zero-order chi connectivity index (χ0) is 17.7. The lowest BCUT2D eigenvalue weighted by Gasteiger charge is -2.13. The number of para-hydroxylation sites is 2. The molecule has 10 heteroatoms. The Kier molecular flexibility index (Phi) is 5.39. The minimum atomic E-state index is -4.38. The molecule has 6 nitrogen and oxygen atoms in total. The topological polar surface area (TPSA) is 83.1 Å².